The third-order valence-corrected chi connectivity index (χ3v) is 2.92. The lowest BCUT2D eigenvalue weighted by Crippen LogP contribution is -2.41. The Morgan fingerprint density at radius 3 is 2.38 bits per heavy atom. The summed E-state index contributed by atoms with van der Waals surface area (Å²) in [5.74, 6) is 0.797. The molecule has 1 nitrogen and oxygen atoms in total. The van der Waals surface area contributed by atoms with Crippen LogP contribution in [-0.4, -0.2) is 15.1 Å². The second kappa shape index (κ2) is 2.14. The van der Waals surface area contributed by atoms with Gasteiger partial charge in [0.25, 0.3) is 0 Å². The van der Waals surface area contributed by atoms with Crippen LogP contribution in [0.1, 0.15) is 19.8 Å². The molecule has 0 aromatic carbocycles. The molecule has 0 unspecified atom stereocenters. The normalized spacial score (nSPS) is 46.1. The molecule has 0 bridgehead atoms. The van der Waals surface area contributed by atoms with Crippen LogP contribution in [0.5, 0.6) is 0 Å². The summed E-state index contributed by atoms with van der Waals surface area (Å²) in [5.41, 5.74) is -0.310. The minimum Gasteiger partial charge on any atom is -0.390 e. The van der Waals surface area contributed by atoms with E-state index in [4.69, 9.17) is 0 Å². The molecule has 1 rings (SSSR count). The predicted molar refractivity (Wildman–Crippen MR) is 42.2 cm³/mol. The van der Waals surface area contributed by atoms with Crippen LogP contribution in [0.3, 0.4) is 0 Å². The Balaban J connectivity index is 2.21. The molecule has 48 valence electrons. The van der Waals surface area contributed by atoms with E-state index in [1.807, 2.05) is 6.92 Å². The van der Waals surface area contributed by atoms with Gasteiger partial charge in [-0.2, -0.15) is 0 Å². The van der Waals surface area contributed by atoms with Crippen molar-refractivity contribution in [3.05, 3.63) is 0 Å². The second-order valence-electron chi connectivity index (χ2n) is 2.93. The fraction of sp³-hybridized carbons (Fsp3) is 1.00. The number of alkyl halides is 1. The number of aliphatic hydroxyl groups is 1. The first-order valence-electron chi connectivity index (χ1n) is 2.92. The average Bonchev–Trinajstić information content (AvgIpc) is 1.60. The van der Waals surface area contributed by atoms with Gasteiger partial charge >= 0.3 is 0 Å². The van der Waals surface area contributed by atoms with Gasteiger partial charge in [-0.15, -0.1) is 0 Å². The summed E-state index contributed by atoms with van der Waals surface area (Å²) in [6.45, 7) is 1.91. The van der Waals surface area contributed by atoms with Gasteiger partial charge in [-0.3, -0.25) is 0 Å². The summed E-state index contributed by atoms with van der Waals surface area (Å²) in [6, 6.07) is 0. The first-order chi connectivity index (χ1) is 3.64. The van der Waals surface area contributed by atoms with Crippen molar-refractivity contribution in [3.63, 3.8) is 0 Å². The summed E-state index contributed by atoms with van der Waals surface area (Å²) in [5, 5.41) is 9.21. The van der Waals surface area contributed by atoms with E-state index in [1.54, 1.807) is 0 Å². The highest BCUT2D eigenvalue weighted by Gasteiger charge is 2.37. The van der Waals surface area contributed by atoms with Crippen molar-refractivity contribution >= 4 is 22.6 Å². The van der Waals surface area contributed by atoms with E-state index in [0.29, 0.717) is 0 Å². The first kappa shape index (κ1) is 6.81. The zero-order valence-electron chi connectivity index (χ0n) is 5.02. The quantitative estimate of drug-likeness (QED) is 0.531. The van der Waals surface area contributed by atoms with Crippen LogP contribution in [0.25, 0.3) is 0 Å². The topological polar surface area (TPSA) is 20.2 Å². The molecule has 1 saturated carbocycles. The smallest absolute Gasteiger partial charge is 0.0625 e. The highest BCUT2D eigenvalue weighted by atomic mass is 127. The van der Waals surface area contributed by atoms with Crippen LogP contribution in [0, 0.1) is 5.92 Å². The monoisotopic (exact) mass is 226 g/mol. The lowest BCUT2D eigenvalue weighted by atomic mass is 9.73. The lowest BCUT2D eigenvalue weighted by Gasteiger charge is -2.39. The van der Waals surface area contributed by atoms with Crippen molar-refractivity contribution in [2.24, 2.45) is 5.92 Å². The van der Waals surface area contributed by atoms with Gasteiger partial charge < -0.3 is 5.11 Å². The summed E-state index contributed by atoms with van der Waals surface area (Å²) in [7, 11) is 0. The average molecular weight is 226 g/mol. The minimum atomic E-state index is -0.310. The van der Waals surface area contributed by atoms with E-state index in [2.05, 4.69) is 22.6 Å². The molecule has 1 aliphatic carbocycles. The Morgan fingerprint density at radius 2 is 2.25 bits per heavy atom. The molecule has 0 saturated heterocycles. The van der Waals surface area contributed by atoms with Gasteiger partial charge in [0, 0.05) is 4.43 Å². The van der Waals surface area contributed by atoms with Crippen molar-refractivity contribution in [2.75, 3.05) is 4.43 Å². The van der Waals surface area contributed by atoms with Crippen LogP contribution in [0.4, 0.5) is 0 Å². The van der Waals surface area contributed by atoms with Crippen LogP contribution in [0.2, 0.25) is 0 Å². The minimum absolute atomic E-state index is 0.310. The molecule has 0 heterocycles. The summed E-state index contributed by atoms with van der Waals surface area (Å²) in [4.78, 5) is 0. The van der Waals surface area contributed by atoms with E-state index in [-0.39, 0.29) is 5.60 Å². The van der Waals surface area contributed by atoms with Crippen LogP contribution in [0.15, 0.2) is 0 Å². The lowest BCUT2D eigenvalue weighted by molar-refractivity contribution is -0.0481. The molecule has 0 spiro atoms. The Kier molecular flexibility index (Phi) is 1.82. The van der Waals surface area contributed by atoms with Crippen molar-refractivity contribution in [3.8, 4) is 0 Å². The molecular formula is C6H11IO. The molecule has 0 aromatic heterocycles. The number of rotatable bonds is 1. The zero-order chi connectivity index (χ0) is 6.20. The maximum absolute atomic E-state index is 9.21. The number of hydrogen-bond donors (Lipinski definition) is 1. The fourth-order valence-corrected chi connectivity index (χ4v) is 1.92. The third-order valence-electron chi connectivity index (χ3n) is 1.68. The van der Waals surface area contributed by atoms with E-state index < -0.39 is 0 Å². The van der Waals surface area contributed by atoms with Gasteiger partial charge in [-0.05, 0) is 25.7 Å². The molecule has 1 fully saturated rings. The fourth-order valence-electron chi connectivity index (χ4n) is 1.29. The molecule has 2 heteroatoms. The molecule has 1 aliphatic rings. The molecule has 0 aromatic rings. The summed E-state index contributed by atoms with van der Waals surface area (Å²) in [6.07, 6.45) is 2.02. The van der Waals surface area contributed by atoms with E-state index in [9.17, 15) is 5.11 Å². The molecular weight excluding hydrogens is 215 g/mol. The van der Waals surface area contributed by atoms with Gasteiger partial charge in [-0.1, -0.05) is 22.6 Å². The SMILES string of the molecule is CC1(O)CC(CI)C1. The third kappa shape index (κ3) is 1.35. The van der Waals surface area contributed by atoms with E-state index in [1.165, 1.54) is 4.43 Å². The summed E-state index contributed by atoms with van der Waals surface area (Å²) >= 11 is 2.37. The number of halogens is 1. The van der Waals surface area contributed by atoms with Crippen molar-refractivity contribution in [1.29, 1.82) is 0 Å². The highest BCUT2D eigenvalue weighted by molar-refractivity contribution is 14.1. The standard InChI is InChI=1S/C6H11IO/c1-6(8)2-5(3-6)4-7/h5,8H,2-4H2,1H3. The van der Waals surface area contributed by atoms with Gasteiger partial charge in [0.15, 0.2) is 0 Å². The second-order valence-corrected chi connectivity index (χ2v) is 3.81. The van der Waals surface area contributed by atoms with E-state index >= 15 is 0 Å². The maximum atomic E-state index is 9.21. The van der Waals surface area contributed by atoms with Gasteiger partial charge in [0.05, 0.1) is 5.60 Å². The largest absolute Gasteiger partial charge is 0.390 e. The molecule has 0 radical (unpaired) electrons. The highest BCUT2D eigenvalue weighted by Crippen LogP contribution is 2.37. The van der Waals surface area contributed by atoms with Gasteiger partial charge in [0.2, 0.25) is 0 Å². The van der Waals surface area contributed by atoms with Gasteiger partial charge in [-0.25, -0.2) is 0 Å². The van der Waals surface area contributed by atoms with Crippen molar-refractivity contribution in [1.82, 2.24) is 0 Å². The Bertz CT molecular complexity index is 82.5. The van der Waals surface area contributed by atoms with Crippen molar-refractivity contribution < 1.29 is 5.11 Å². The zero-order valence-corrected chi connectivity index (χ0v) is 7.18. The predicted octanol–water partition coefficient (Wildman–Crippen LogP) is 1.58. The first-order valence-corrected chi connectivity index (χ1v) is 4.45. The summed E-state index contributed by atoms with van der Waals surface area (Å²) < 4.78 is 1.20. The molecule has 0 amide bonds. The Hall–Kier alpha value is 0.690. The van der Waals surface area contributed by atoms with E-state index in [0.717, 1.165) is 18.8 Å². The van der Waals surface area contributed by atoms with Crippen LogP contribution in [-0.2, 0) is 0 Å². The Labute approximate surface area is 63.6 Å². The maximum Gasteiger partial charge on any atom is 0.0625 e. The number of hydrogen-bond acceptors (Lipinski definition) is 1. The molecule has 1 N–H and O–H groups in total. The molecule has 0 aliphatic heterocycles. The Morgan fingerprint density at radius 1 is 1.75 bits per heavy atom. The van der Waals surface area contributed by atoms with Gasteiger partial charge in [0.1, 0.15) is 0 Å². The molecule has 8 heavy (non-hydrogen) atoms. The van der Waals surface area contributed by atoms with Crippen molar-refractivity contribution in [2.45, 2.75) is 25.4 Å². The van der Waals surface area contributed by atoms with Crippen LogP contribution >= 0.6 is 22.6 Å². The van der Waals surface area contributed by atoms with Crippen LogP contribution < -0.4 is 0 Å². The molecule has 0 atom stereocenters.